The lowest BCUT2D eigenvalue weighted by Crippen LogP contribution is -2.18. The van der Waals surface area contributed by atoms with Gasteiger partial charge in [-0.05, 0) is 54.3 Å². The van der Waals surface area contributed by atoms with Crippen LogP contribution in [0.3, 0.4) is 0 Å². The van der Waals surface area contributed by atoms with Crippen molar-refractivity contribution in [3.63, 3.8) is 0 Å². The van der Waals surface area contributed by atoms with Gasteiger partial charge in [0.25, 0.3) is 5.56 Å². The van der Waals surface area contributed by atoms with Gasteiger partial charge in [-0.25, -0.2) is 13.6 Å². The van der Waals surface area contributed by atoms with Crippen LogP contribution in [-0.2, 0) is 11.8 Å². The summed E-state index contributed by atoms with van der Waals surface area (Å²) in [6.07, 6.45) is 2.69. The summed E-state index contributed by atoms with van der Waals surface area (Å²) in [5, 5.41) is 0. The molecule has 0 saturated heterocycles. The number of aromatic nitrogens is 1. The van der Waals surface area contributed by atoms with E-state index in [1.54, 1.807) is 31.3 Å². The highest BCUT2D eigenvalue weighted by molar-refractivity contribution is 5.89. The first-order chi connectivity index (χ1) is 13.9. The molecule has 0 atom stereocenters. The maximum atomic E-state index is 13.3. The van der Waals surface area contributed by atoms with Gasteiger partial charge in [0.05, 0.1) is 12.2 Å². The lowest BCUT2D eigenvalue weighted by molar-refractivity contribution is 0.0497. The minimum Gasteiger partial charge on any atom is -0.462 e. The van der Waals surface area contributed by atoms with Gasteiger partial charge in [-0.1, -0.05) is 24.3 Å². The smallest absolute Gasteiger partial charge is 0.338 e. The van der Waals surface area contributed by atoms with Crippen LogP contribution in [0.2, 0.25) is 0 Å². The number of hydrogen-bond acceptors (Lipinski definition) is 3. The molecular formula is C23H21F2NO3. The van der Waals surface area contributed by atoms with Gasteiger partial charge in [0.15, 0.2) is 0 Å². The van der Waals surface area contributed by atoms with E-state index in [4.69, 9.17) is 4.74 Å². The van der Waals surface area contributed by atoms with Gasteiger partial charge in [-0.2, -0.15) is 0 Å². The van der Waals surface area contributed by atoms with Crippen LogP contribution in [0.1, 0.15) is 40.2 Å². The van der Waals surface area contributed by atoms with Crippen LogP contribution < -0.4 is 5.56 Å². The van der Waals surface area contributed by atoms with E-state index in [0.717, 1.165) is 11.1 Å². The summed E-state index contributed by atoms with van der Waals surface area (Å²) in [7, 11) is 1.60. The van der Waals surface area contributed by atoms with Gasteiger partial charge in [0.1, 0.15) is 11.6 Å². The topological polar surface area (TPSA) is 48.3 Å². The van der Waals surface area contributed by atoms with Crippen molar-refractivity contribution >= 4 is 5.97 Å². The van der Waals surface area contributed by atoms with Gasteiger partial charge in [-0.3, -0.25) is 4.79 Å². The number of esters is 1. The number of halogens is 2. The van der Waals surface area contributed by atoms with E-state index in [1.807, 2.05) is 0 Å². The molecule has 1 heterocycles. The molecule has 0 spiro atoms. The third-order valence-corrected chi connectivity index (χ3v) is 4.76. The van der Waals surface area contributed by atoms with Gasteiger partial charge in [0, 0.05) is 25.2 Å². The first-order valence-corrected chi connectivity index (χ1v) is 9.29. The molecule has 0 unspecified atom stereocenters. The molecule has 4 nitrogen and oxygen atoms in total. The van der Waals surface area contributed by atoms with E-state index in [9.17, 15) is 18.4 Å². The molecule has 0 saturated carbocycles. The largest absolute Gasteiger partial charge is 0.462 e. The molecule has 3 rings (SSSR count). The molecule has 0 aliphatic heterocycles. The second-order valence-electron chi connectivity index (χ2n) is 6.80. The average Bonchev–Trinajstić information content (AvgIpc) is 2.72. The van der Waals surface area contributed by atoms with Crippen molar-refractivity contribution in [3.05, 3.63) is 106 Å². The molecule has 0 N–H and O–H groups in total. The third kappa shape index (κ3) is 5.38. The van der Waals surface area contributed by atoms with Crippen LogP contribution in [0.4, 0.5) is 8.78 Å². The van der Waals surface area contributed by atoms with E-state index in [0.29, 0.717) is 12.8 Å². The van der Waals surface area contributed by atoms with E-state index in [1.165, 1.54) is 47.2 Å². The summed E-state index contributed by atoms with van der Waals surface area (Å²) < 4.78 is 33.2. The monoisotopic (exact) mass is 397 g/mol. The molecule has 0 radical (unpaired) electrons. The number of carbonyl (C=O) groups excluding carboxylic acids is 1. The Bertz CT molecular complexity index is 982. The van der Waals surface area contributed by atoms with Crippen molar-refractivity contribution in [1.29, 1.82) is 0 Å². The molecule has 29 heavy (non-hydrogen) atoms. The summed E-state index contributed by atoms with van der Waals surface area (Å²) in [4.78, 5) is 23.7. The summed E-state index contributed by atoms with van der Waals surface area (Å²) in [6.45, 7) is 0.174. The first-order valence-electron chi connectivity index (χ1n) is 9.29. The number of hydrogen-bond donors (Lipinski definition) is 0. The number of nitrogens with zero attached hydrogens (tertiary/aromatic N) is 1. The maximum absolute atomic E-state index is 13.3. The highest BCUT2D eigenvalue weighted by atomic mass is 19.1. The number of ether oxygens (including phenoxy) is 1. The second kappa shape index (κ2) is 9.28. The van der Waals surface area contributed by atoms with Crippen LogP contribution in [0, 0.1) is 11.6 Å². The van der Waals surface area contributed by atoms with Crippen molar-refractivity contribution in [3.8, 4) is 0 Å². The molecule has 6 heteroatoms. The molecule has 3 aromatic rings. The van der Waals surface area contributed by atoms with Gasteiger partial charge >= 0.3 is 5.97 Å². The van der Waals surface area contributed by atoms with Crippen molar-refractivity contribution in [2.45, 2.75) is 18.8 Å². The number of rotatable bonds is 7. The van der Waals surface area contributed by atoms with E-state index in [-0.39, 0.29) is 35.3 Å². The SMILES string of the molecule is Cn1ccc(C(=O)OCCCC(c2ccc(F)cc2)c2ccc(F)cc2)cc1=O. The first kappa shape index (κ1) is 20.5. The van der Waals surface area contributed by atoms with Gasteiger partial charge < -0.3 is 9.30 Å². The Hall–Kier alpha value is -3.28. The Morgan fingerprint density at radius 3 is 2.03 bits per heavy atom. The Balaban J connectivity index is 1.64. The molecule has 0 aliphatic carbocycles. The van der Waals surface area contributed by atoms with Crippen molar-refractivity contribution in [2.75, 3.05) is 6.61 Å². The molecule has 0 aliphatic rings. The van der Waals surface area contributed by atoms with Crippen LogP contribution in [-0.4, -0.2) is 17.1 Å². The van der Waals surface area contributed by atoms with Crippen LogP contribution >= 0.6 is 0 Å². The molecule has 1 aromatic heterocycles. The van der Waals surface area contributed by atoms with Crippen LogP contribution in [0.25, 0.3) is 0 Å². The lowest BCUT2D eigenvalue weighted by Gasteiger charge is -2.18. The molecule has 150 valence electrons. The molecule has 0 amide bonds. The zero-order valence-electron chi connectivity index (χ0n) is 16.0. The fourth-order valence-corrected chi connectivity index (χ4v) is 3.13. The summed E-state index contributed by atoms with van der Waals surface area (Å²) in [6, 6.07) is 15.1. The number of aryl methyl sites for hydroxylation is 1. The molecule has 0 fully saturated rings. The zero-order chi connectivity index (χ0) is 20.8. The van der Waals surface area contributed by atoms with Crippen LogP contribution in [0.15, 0.2) is 71.7 Å². The Morgan fingerprint density at radius 2 is 1.52 bits per heavy atom. The quantitative estimate of drug-likeness (QED) is 0.438. The predicted octanol–water partition coefficient (Wildman–Crippen LogP) is 4.43. The maximum Gasteiger partial charge on any atom is 0.338 e. The molecule has 2 aromatic carbocycles. The van der Waals surface area contributed by atoms with Crippen molar-refractivity contribution in [2.24, 2.45) is 7.05 Å². The second-order valence-corrected chi connectivity index (χ2v) is 6.80. The minimum atomic E-state index is -0.553. The molecule has 0 bridgehead atoms. The van der Waals surface area contributed by atoms with Gasteiger partial charge in [0.2, 0.25) is 0 Å². The fraction of sp³-hybridized carbons (Fsp3) is 0.217. The predicted molar refractivity (Wildman–Crippen MR) is 106 cm³/mol. The Labute approximate surface area is 167 Å². The average molecular weight is 397 g/mol. The van der Waals surface area contributed by atoms with Crippen molar-refractivity contribution < 1.29 is 18.3 Å². The third-order valence-electron chi connectivity index (χ3n) is 4.76. The summed E-state index contributed by atoms with van der Waals surface area (Å²) in [5.74, 6) is -1.29. The highest BCUT2D eigenvalue weighted by Gasteiger charge is 2.15. The van der Waals surface area contributed by atoms with E-state index in [2.05, 4.69) is 0 Å². The number of pyridine rings is 1. The standard InChI is InChI=1S/C23H21F2NO3/c1-26-13-12-18(15-22(26)27)23(28)29-14-2-3-21(16-4-8-19(24)9-5-16)17-6-10-20(25)11-7-17/h4-13,15,21H,2-3,14H2,1H3. The summed E-state index contributed by atoms with van der Waals surface area (Å²) >= 11 is 0. The normalized spacial score (nSPS) is 10.9. The van der Waals surface area contributed by atoms with E-state index >= 15 is 0 Å². The zero-order valence-corrected chi connectivity index (χ0v) is 16.0. The molecular weight excluding hydrogens is 376 g/mol. The van der Waals surface area contributed by atoms with E-state index < -0.39 is 5.97 Å². The highest BCUT2D eigenvalue weighted by Crippen LogP contribution is 2.29. The Kier molecular flexibility index (Phi) is 6.54. The van der Waals surface area contributed by atoms with Gasteiger partial charge in [-0.15, -0.1) is 0 Å². The van der Waals surface area contributed by atoms with Crippen LogP contribution in [0.5, 0.6) is 0 Å². The minimum absolute atomic E-state index is 0.0843. The summed E-state index contributed by atoms with van der Waals surface area (Å²) in [5.41, 5.74) is 1.72. The lowest BCUT2D eigenvalue weighted by atomic mass is 9.87. The number of benzene rings is 2. The number of carbonyl (C=O) groups is 1. The van der Waals surface area contributed by atoms with Crippen molar-refractivity contribution in [1.82, 2.24) is 4.57 Å². The Morgan fingerprint density at radius 1 is 0.966 bits per heavy atom. The fourth-order valence-electron chi connectivity index (χ4n) is 3.13.